The fraction of sp³-hybridized carbons (Fsp3) is 0.304. The second-order valence-electron chi connectivity index (χ2n) is 7.73. The molecule has 0 saturated carbocycles. The summed E-state index contributed by atoms with van der Waals surface area (Å²) in [7, 11) is 1.61. The van der Waals surface area contributed by atoms with Crippen molar-refractivity contribution in [2.24, 2.45) is 7.05 Å². The van der Waals surface area contributed by atoms with E-state index in [0.29, 0.717) is 36.5 Å². The van der Waals surface area contributed by atoms with Crippen LogP contribution in [0.2, 0.25) is 0 Å². The number of amides is 2. The van der Waals surface area contributed by atoms with Gasteiger partial charge in [0.1, 0.15) is 11.3 Å². The van der Waals surface area contributed by atoms with Gasteiger partial charge in [0.2, 0.25) is 0 Å². The molecule has 1 aliphatic rings. The second-order valence-corrected chi connectivity index (χ2v) is 7.73. The third kappa shape index (κ3) is 4.01. The number of nitrogens with one attached hydrogen (secondary N) is 1. The number of rotatable bonds is 4. The minimum Gasteiger partial charge on any atom is -0.361 e. The predicted molar refractivity (Wildman–Crippen MR) is 115 cm³/mol. The van der Waals surface area contributed by atoms with Crippen LogP contribution in [-0.4, -0.2) is 33.0 Å². The van der Waals surface area contributed by atoms with E-state index in [1.54, 1.807) is 31.1 Å². The van der Waals surface area contributed by atoms with Crippen molar-refractivity contribution in [1.29, 1.82) is 0 Å². The number of hydrogen-bond donors (Lipinski definition) is 1. The summed E-state index contributed by atoms with van der Waals surface area (Å²) in [5.74, 6) is -0.110. The fourth-order valence-corrected chi connectivity index (χ4v) is 3.84. The summed E-state index contributed by atoms with van der Waals surface area (Å²) in [5, 5.41) is 6.63. The number of pyridine rings is 1. The summed E-state index contributed by atoms with van der Waals surface area (Å²) < 4.78 is 6.40. The van der Waals surface area contributed by atoms with Crippen LogP contribution in [0.1, 0.15) is 50.2 Å². The molecule has 3 aromatic rings. The molecule has 8 heteroatoms. The average Bonchev–Trinajstić information content (AvgIpc) is 3.20. The normalized spacial score (nSPS) is 13.1. The van der Waals surface area contributed by atoms with Crippen LogP contribution < -0.4 is 10.9 Å². The second kappa shape index (κ2) is 8.22. The molecule has 160 valence electrons. The molecule has 1 aromatic carbocycles. The van der Waals surface area contributed by atoms with Crippen LogP contribution in [0.15, 0.2) is 45.8 Å². The lowest BCUT2D eigenvalue weighted by atomic mass is 9.95. The van der Waals surface area contributed by atoms with Crippen LogP contribution in [-0.2, 0) is 26.4 Å². The van der Waals surface area contributed by atoms with Crippen molar-refractivity contribution in [3.05, 3.63) is 80.6 Å². The first kappa shape index (κ1) is 20.6. The van der Waals surface area contributed by atoms with E-state index in [-0.39, 0.29) is 22.7 Å². The Bertz CT molecular complexity index is 1210. The topological polar surface area (TPSA) is 97.4 Å². The van der Waals surface area contributed by atoms with Crippen LogP contribution in [0.25, 0.3) is 0 Å². The van der Waals surface area contributed by atoms with Crippen LogP contribution >= 0.6 is 0 Å². The van der Waals surface area contributed by atoms with Gasteiger partial charge in [-0.15, -0.1) is 0 Å². The lowest BCUT2D eigenvalue weighted by molar-refractivity contribution is 0.0723. The van der Waals surface area contributed by atoms with Gasteiger partial charge in [-0.2, -0.15) is 0 Å². The number of nitrogens with zero attached hydrogens (tertiary/aromatic N) is 3. The first-order valence-corrected chi connectivity index (χ1v) is 10.2. The maximum Gasteiger partial charge on any atom is 0.276 e. The van der Waals surface area contributed by atoms with Crippen molar-refractivity contribution >= 4 is 17.5 Å². The molecule has 8 nitrogen and oxygen atoms in total. The number of aryl methyl sites for hydroxylation is 3. The van der Waals surface area contributed by atoms with Crippen LogP contribution in [0.5, 0.6) is 0 Å². The van der Waals surface area contributed by atoms with Gasteiger partial charge in [0.25, 0.3) is 17.4 Å². The molecule has 3 heterocycles. The smallest absolute Gasteiger partial charge is 0.276 e. The van der Waals surface area contributed by atoms with Crippen molar-refractivity contribution in [2.45, 2.75) is 33.2 Å². The molecule has 2 amide bonds. The maximum atomic E-state index is 13.0. The van der Waals surface area contributed by atoms with Gasteiger partial charge in [-0.1, -0.05) is 24.2 Å². The largest absolute Gasteiger partial charge is 0.361 e. The lowest BCUT2D eigenvalue weighted by Crippen LogP contribution is -2.40. The van der Waals surface area contributed by atoms with Gasteiger partial charge < -0.3 is 19.3 Å². The van der Waals surface area contributed by atoms with Crippen molar-refractivity contribution < 1.29 is 14.1 Å². The maximum absolute atomic E-state index is 13.0. The zero-order valence-electron chi connectivity index (χ0n) is 17.8. The van der Waals surface area contributed by atoms with Crippen molar-refractivity contribution in [3.63, 3.8) is 0 Å². The Morgan fingerprint density at radius 1 is 1.23 bits per heavy atom. The van der Waals surface area contributed by atoms with E-state index in [1.807, 2.05) is 24.3 Å². The molecular weight excluding hydrogens is 396 g/mol. The van der Waals surface area contributed by atoms with Crippen LogP contribution in [0.4, 0.5) is 5.69 Å². The minimum absolute atomic E-state index is 0.129. The summed E-state index contributed by atoms with van der Waals surface area (Å²) in [6, 6.07) is 9.15. The molecule has 0 aliphatic carbocycles. The third-order valence-electron chi connectivity index (χ3n) is 5.55. The van der Waals surface area contributed by atoms with Crippen LogP contribution in [0.3, 0.4) is 0 Å². The average molecular weight is 420 g/mol. The van der Waals surface area contributed by atoms with E-state index in [1.165, 1.54) is 4.57 Å². The van der Waals surface area contributed by atoms with Gasteiger partial charge in [-0.05, 0) is 48.6 Å². The summed E-state index contributed by atoms with van der Waals surface area (Å²) in [6.07, 6.45) is 3.01. The Hall–Kier alpha value is -3.68. The summed E-state index contributed by atoms with van der Waals surface area (Å²) in [6.45, 7) is 4.47. The number of carbonyl (C=O) groups is 2. The van der Waals surface area contributed by atoms with E-state index in [0.717, 1.165) is 17.5 Å². The fourth-order valence-electron chi connectivity index (χ4n) is 3.84. The molecule has 0 bridgehead atoms. The highest BCUT2D eigenvalue weighted by atomic mass is 16.5. The monoisotopic (exact) mass is 420 g/mol. The van der Waals surface area contributed by atoms with Gasteiger partial charge in [0.05, 0.1) is 0 Å². The Labute approximate surface area is 179 Å². The summed E-state index contributed by atoms with van der Waals surface area (Å²) in [5.41, 5.74) is 3.28. The Morgan fingerprint density at radius 3 is 2.61 bits per heavy atom. The van der Waals surface area contributed by atoms with E-state index >= 15 is 0 Å². The Morgan fingerprint density at radius 2 is 1.97 bits per heavy atom. The minimum atomic E-state index is -0.436. The number of aromatic nitrogens is 2. The molecule has 2 aromatic heterocycles. The number of hydrogen-bond acceptors (Lipinski definition) is 5. The zero-order valence-corrected chi connectivity index (χ0v) is 17.8. The van der Waals surface area contributed by atoms with E-state index < -0.39 is 5.91 Å². The SMILES string of the molecule is CCc1ccc(NC(=O)c2c3c(cn(C)c2=O)CN(C(=O)c2cc(C)on2)CC3)cc1. The zero-order chi connectivity index (χ0) is 22.1. The molecule has 0 unspecified atom stereocenters. The van der Waals surface area contributed by atoms with Crippen molar-refractivity contribution in [2.75, 3.05) is 11.9 Å². The van der Waals surface area contributed by atoms with Crippen LogP contribution in [0, 0.1) is 6.92 Å². The predicted octanol–water partition coefficient (Wildman–Crippen LogP) is 2.69. The lowest BCUT2D eigenvalue weighted by Gasteiger charge is -2.29. The van der Waals surface area contributed by atoms with Gasteiger partial charge in [-0.3, -0.25) is 14.4 Å². The molecule has 0 fully saturated rings. The van der Waals surface area contributed by atoms with Crippen molar-refractivity contribution in [3.8, 4) is 0 Å². The van der Waals surface area contributed by atoms with Gasteiger partial charge in [0, 0.05) is 38.1 Å². The molecule has 4 rings (SSSR count). The summed E-state index contributed by atoms with van der Waals surface area (Å²) >= 11 is 0. The standard InChI is InChI=1S/C23H24N4O4/c1-4-15-5-7-17(8-6-15)24-21(28)20-18-9-10-27(13-16(18)12-26(3)23(20)30)22(29)19-11-14(2)31-25-19/h5-8,11-12H,4,9-10,13H2,1-3H3,(H,24,28). The van der Waals surface area contributed by atoms with Crippen molar-refractivity contribution in [1.82, 2.24) is 14.6 Å². The Balaban J connectivity index is 1.62. The quantitative estimate of drug-likeness (QED) is 0.700. The molecule has 1 N–H and O–H groups in total. The first-order chi connectivity index (χ1) is 14.9. The van der Waals surface area contributed by atoms with E-state index in [4.69, 9.17) is 4.52 Å². The molecular formula is C23H24N4O4. The first-order valence-electron chi connectivity index (χ1n) is 10.2. The van der Waals surface area contributed by atoms with E-state index in [2.05, 4.69) is 17.4 Å². The summed E-state index contributed by atoms with van der Waals surface area (Å²) in [4.78, 5) is 40.2. The molecule has 1 aliphatic heterocycles. The van der Waals surface area contributed by atoms with E-state index in [9.17, 15) is 14.4 Å². The highest BCUT2D eigenvalue weighted by Gasteiger charge is 2.29. The molecule has 0 atom stereocenters. The van der Waals surface area contributed by atoms with Gasteiger partial charge >= 0.3 is 0 Å². The molecule has 0 spiro atoms. The molecule has 0 radical (unpaired) electrons. The van der Waals surface area contributed by atoms with Gasteiger partial charge in [-0.25, -0.2) is 0 Å². The molecule has 0 saturated heterocycles. The van der Waals surface area contributed by atoms with Gasteiger partial charge in [0.15, 0.2) is 5.69 Å². The third-order valence-corrected chi connectivity index (χ3v) is 5.55. The Kier molecular flexibility index (Phi) is 5.46. The highest BCUT2D eigenvalue weighted by Crippen LogP contribution is 2.23. The number of benzene rings is 1. The molecule has 31 heavy (non-hydrogen) atoms. The number of anilines is 1. The highest BCUT2D eigenvalue weighted by molar-refractivity contribution is 6.05. The number of fused-ring (bicyclic) bond motifs is 1. The number of carbonyl (C=O) groups excluding carboxylic acids is 2.